The van der Waals surface area contributed by atoms with Crippen molar-refractivity contribution < 1.29 is 13.2 Å². The number of hydrogen-bond acceptors (Lipinski definition) is 4. The number of amides is 1. The van der Waals surface area contributed by atoms with Crippen molar-refractivity contribution in [3.8, 4) is 11.1 Å². The van der Waals surface area contributed by atoms with E-state index in [4.69, 9.17) is 0 Å². The van der Waals surface area contributed by atoms with Crippen molar-refractivity contribution in [3.63, 3.8) is 0 Å². The fourth-order valence-corrected chi connectivity index (χ4v) is 3.32. The zero-order chi connectivity index (χ0) is 18.7. The fourth-order valence-electron chi connectivity index (χ4n) is 2.39. The largest absolute Gasteiger partial charge is 0.324 e. The second-order valence-electron chi connectivity index (χ2n) is 5.78. The molecule has 3 rings (SSSR count). The molecule has 6 nitrogen and oxygen atoms in total. The van der Waals surface area contributed by atoms with Gasteiger partial charge >= 0.3 is 0 Å². The number of carbonyl (C=O) groups excluding carboxylic acids is 1. The lowest BCUT2D eigenvalue weighted by Gasteiger charge is -2.07. The molecule has 0 aliphatic rings. The summed E-state index contributed by atoms with van der Waals surface area (Å²) in [6, 6.07) is 14.0. The van der Waals surface area contributed by atoms with Crippen LogP contribution in [-0.2, 0) is 21.2 Å². The number of carbonyl (C=O) groups is 1. The minimum Gasteiger partial charge on any atom is -0.324 e. The van der Waals surface area contributed by atoms with Gasteiger partial charge in [-0.2, -0.15) is 5.10 Å². The number of sulfone groups is 1. The summed E-state index contributed by atoms with van der Waals surface area (Å²) in [6.45, 7) is 0.0274. The van der Waals surface area contributed by atoms with Gasteiger partial charge in [0.05, 0.1) is 11.1 Å². The van der Waals surface area contributed by atoms with Gasteiger partial charge in [-0.25, -0.2) is 8.42 Å². The average Bonchev–Trinajstić information content (AvgIpc) is 3.03. The highest BCUT2D eigenvalue weighted by Crippen LogP contribution is 2.21. The van der Waals surface area contributed by atoms with Crippen LogP contribution in [0.4, 0.5) is 5.69 Å². The number of nitrogens with zero attached hydrogens (tertiary/aromatic N) is 2. The van der Waals surface area contributed by atoms with E-state index in [-0.39, 0.29) is 17.3 Å². The van der Waals surface area contributed by atoms with Crippen molar-refractivity contribution in [2.24, 2.45) is 0 Å². The Balaban J connectivity index is 1.68. The molecule has 26 heavy (non-hydrogen) atoms. The summed E-state index contributed by atoms with van der Waals surface area (Å²) < 4.78 is 25.7. The van der Waals surface area contributed by atoms with Gasteiger partial charge in [0.1, 0.15) is 6.54 Å². The van der Waals surface area contributed by atoms with Gasteiger partial charge in [-0.05, 0) is 35.9 Å². The maximum Gasteiger partial charge on any atom is 0.246 e. The Morgan fingerprint density at radius 2 is 1.88 bits per heavy atom. The Bertz CT molecular complexity index is 1040. The van der Waals surface area contributed by atoms with Crippen LogP contribution in [0.15, 0.2) is 70.3 Å². The minimum atomic E-state index is -3.32. The van der Waals surface area contributed by atoms with Crippen LogP contribution in [0.2, 0.25) is 0 Å². The van der Waals surface area contributed by atoms with Crippen LogP contribution in [0.1, 0.15) is 0 Å². The van der Waals surface area contributed by atoms with E-state index in [1.165, 1.54) is 16.8 Å². The number of benzene rings is 2. The molecule has 134 valence electrons. The summed E-state index contributed by atoms with van der Waals surface area (Å²) in [5.74, 6) is -0.291. The molecule has 0 aliphatic carbocycles. The van der Waals surface area contributed by atoms with Crippen molar-refractivity contribution in [2.45, 2.75) is 11.4 Å². The van der Waals surface area contributed by atoms with Gasteiger partial charge in [0, 0.05) is 28.2 Å². The number of halogens is 1. The highest BCUT2D eigenvalue weighted by molar-refractivity contribution is 9.10. The van der Waals surface area contributed by atoms with E-state index < -0.39 is 9.84 Å². The summed E-state index contributed by atoms with van der Waals surface area (Å²) in [7, 11) is -3.32. The van der Waals surface area contributed by atoms with Crippen molar-refractivity contribution >= 4 is 37.4 Å². The maximum absolute atomic E-state index is 12.2. The number of anilines is 1. The van der Waals surface area contributed by atoms with Crippen molar-refractivity contribution in [1.29, 1.82) is 0 Å². The topological polar surface area (TPSA) is 81.1 Å². The quantitative estimate of drug-likeness (QED) is 0.668. The van der Waals surface area contributed by atoms with Gasteiger partial charge in [-0.15, -0.1) is 0 Å². The summed E-state index contributed by atoms with van der Waals surface area (Å²) in [4.78, 5) is 12.4. The fraction of sp³-hybridized carbons (Fsp3) is 0.111. The van der Waals surface area contributed by atoms with Crippen LogP contribution in [-0.4, -0.2) is 30.4 Å². The molecule has 8 heteroatoms. The van der Waals surface area contributed by atoms with E-state index in [1.54, 1.807) is 24.5 Å². The van der Waals surface area contributed by atoms with E-state index in [0.29, 0.717) is 5.69 Å². The molecular weight excluding hydrogens is 418 g/mol. The van der Waals surface area contributed by atoms with E-state index in [9.17, 15) is 13.2 Å². The predicted octanol–water partition coefficient (Wildman–Crippen LogP) is 3.35. The number of hydrogen-bond donors (Lipinski definition) is 1. The Labute approximate surface area is 159 Å². The lowest BCUT2D eigenvalue weighted by atomic mass is 10.1. The van der Waals surface area contributed by atoms with Crippen LogP contribution < -0.4 is 5.32 Å². The van der Waals surface area contributed by atoms with Crippen LogP contribution in [0, 0.1) is 0 Å². The van der Waals surface area contributed by atoms with Gasteiger partial charge in [-0.1, -0.05) is 34.1 Å². The third-order valence-corrected chi connectivity index (χ3v) is 5.30. The summed E-state index contributed by atoms with van der Waals surface area (Å²) >= 11 is 3.39. The van der Waals surface area contributed by atoms with Crippen LogP contribution in [0.5, 0.6) is 0 Å². The number of rotatable bonds is 5. The second kappa shape index (κ2) is 7.43. The van der Waals surface area contributed by atoms with Gasteiger partial charge in [-0.3, -0.25) is 9.48 Å². The smallest absolute Gasteiger partial charge is 0.246 e. The molecule has 0 fully saturated rings. The van der Waals surface area contributed by atoms with Crippen LogP contribution >= 0.6 is 15.9 Å². The molecule has 0 radical (unpaired) electrons. The first-order valence-electron chi connectivity index (χ1n) is 7.70. The van der Waals surface area contributed by atoms with Crippen LogP contribution in [0.25, 0.3) is 11.1 Å². The highest BCUT2D eigenvalue weighted by atomic mass is 79.9. The maximum atomic E-state index is 12.2. The van der Waals surface area contributed by atoms with Gasteiger partial charge in [0.15, 0.2) is 9.84 Å². The monoisotopic (exact) mass is 433 g/mol. The molecule has 2 aromatic carbocycles. The van der Waals surface area contributed by atoms with Crippen molar-refractivity contribution in [1.82, 2.24) is 9.78 Å². The highest BCUT2D eigenvalue weighted by Gasteiger charge is 2.10. The van der Waals surface area contributed by atoms with Crippen molar-refractivity contribution in [3.05, 3.63) is 65.4 Å². The van der Waals surface area contributed by atoms with E-state index in [0.717, 1.165) is 21.9 Å². The standard InChI is InChI=1S/C18H16BrN3O3S/c1-26(24,25)17-4-2-3-16(9-17)21-18(23)12-22-11-14(10-20-22)13-5-7-15(19)8-6-13/h2-11H,12H2,1H3,(H,21,23). The molecule has 0 saturated carbocycles. The normalized spacial score (nSPS) is 11.3. The summed E-state index contributed by atoms with van der Waals surface area (Å²) in [6.07, 6.45) is 4.61. The van der Waals surface area contributed by atoms with Crippen LogP contribution in [0.3, 0.4) is 0 Å². The van der Waals surface area contributed by atoms with E-state index >= 15 is 0 Å². The Hall–Kier alpha value is -2.45. The van der Waals surface area contributed by atoms with Gasteiger partial charge < -0.3 is 5.32 Å². The minimum absolute atomic E-state index is 0.0274. The molecule has 0 bridgehead atoms. The molecule has 0 atom stereocenters. The lowest BCUT2D eigenvalue weighted by Crippen LogP contribution is -2.19. The van der Waals surface area contributed by atoms with Gasteiger partial charge in [0.2, 0.25) is 5.91 Å². The zero-order valence-corrected chi connectivity index (χ0v) is 16.3. The lowest BCUT2D eigenvalue weighted by molar-refractivity contribution is -0.116. The SMILES string of the molecule is CS(=O)(=O)c1cccc(NC(=O)Cn2cc(-c3ccc(Br)cc3)cn2)c1. The molecule has 0 aliphatic heterocycles. The Morgan fingerprint density at radius 3 is 2.58 bits per heavy atom. The number of nitrogens with one attached hydrogen (secondary N) is 1. The molecule has 3 aromatic rings. The molecule has 0 unspecified atom stereocenters. The second-order valence-corrected chi connectivity index (χ2v) is 8.71. The first-order valence-corrected chi connectivity index (χ1v) is 10.4. The first kappa shape index (κ1) is 18.3. The van der Waals surface area contributed by atoms with E-state index in [1.807, 2.05) is 24.3 Å². The van der Waals surface area contributed by atoms with E-state index in [2.05, 4.69) is 26.3 Å². The molecule has 0 spiro atoms. The third-order valence-electron chi connectivity index (χ3n) is 3.66. The molecule has 1 amide bonds. The predicted molar refractivity (Wildman–Crippen MR) is 104 cm³/mol. The summed E-state index contributed by atoms with van der Waals surface area (Å²) in [5.41, 5.74) is 2.34. The molecule has 1 aromatic heterocycles. The average molecular weight is 434 g/mol. The molecule has 1 heterocycles. The Morgan fingerprint density at radius 1 is 1.15 bits per heavy atom. The molecule has 1 N–H and O–H groups in total. The Kier molecular flexibility index (Phi) is 5.24. The molecular formula is C18H16BrN3O3S. The van der Waals surface area contributed by atoms with Crippen molar-refractivity contribution in [2.75, 3.05) is 11.6 Å². The summed E-state index contributed by atoms with van der Waals surface area (Å²) in [5, 5.41) is 6.89. The first-order chi connectivity index (χ1) is 12.3. The molecule has 0 saturated heterocycles. The zero-order valence-electron chi connectivity index (χ0n) is 13.9. The van der Waals surface area contributed by atoms with Gasteiger partial charge in [0.25, 0.3) is 0 Å². The number of aromatic nitrogens is 2. The third kappa shape index (κ3) is 4.59.